The minimum Gasteiger partial charge on any atom is -0.352 e. The van der Waals surface area contributed by atoms with Crippen molar-refractivity contribution in [2.45, 2.75) is 20.3 Å². The van der Waals surface area contributed by atoms with Gasteiger partial charge in [0.2, 0.25) is 11.8 Å². The summed E-state index contributed by atoms with van der Waals surface area (Å²) < 4.78 is 0. The molecular formula is C25H27N3O4. The molecule has 7 nitrogen and oxygen atoms in total. The van der Waals surface area contributed by atoms with Crippen molar-refractivity contribution in [2.75, 3.05) is 13.1 Å². The first kappa shape index (κ1) is 24.3. The lowest BCUT2D eigenvalue weighted by atomic mass is 10.0. The Morgan fingerprint density at radius 2 is 1.34 bits per heavy atom. The normalized spacial score (nSPS) is 10.8. The van der Waals surface area contributed by atoms with Crippen molar-refractivity contribution in [2.24, 2.45) is 0 Å². The Hall–Kier alpha value is -4.00. The molecule has 3 amide bonds. The van der Waals surface area contributed by atoms with Gasteiger partial charge in [-0.2, -0.15) is 0 Å². The molecule has 3 N–H and O–H groups in total. The summed E-state index contributed by atoms with van der Waals surface area (Å²) in [7, 11) is 0. The van der Waals surface area contributed by atoms with E-state index < -0.39 is 0 Å². The Labute approximate surface area is 187 Å². The van der Waals surface area contributed by atoms with E-state index in [0.29, 0.717) is 47.3 Å². The summed E-state index contributed by atoms with van der Waals surface area (Å²) in [6, 6.07) is 15.4. The minimum atomic E-state index is -0.350. The second-order valence-electron chi connectivity index (χ2n) is 7.22. The van der Waals surface area contributed by atoms with Crippen molar-refractivity contribution >= 4 is 23.5 Å². The third-order valence-corrected chi connectivity index (χ3v) is 4.54. The molecule has 166 valence electrons. The van der Waals surface area contributed by atoms with Crippen LogP contribution in [0.25, 0.3) is 0 Å². The summed E-state index contributed by atoms with van der Waals surface area (Å²) in [6.07, 6.45) is 1.87. The van der Waals surface area contributed by atoms with Gasteiger partial charge in [-0.1, -0.05) is 49.0 Å². The first-order chi connectivity index (χ1) is 15.3. The minimum absolute atomic E-state index is 0.100. The van der Waals surface area contributed by atoms with Crippen LogP contribution >= 0.6 is 0 Å². The molecule has 0 aliphatic carbocycles. The summed E-state index contributed by atoms with van der Waals surface area (Å²) in [5, 5.41) is 7.97. The van der Waals surface area contributed by atoms with Gasteiger partial charge in [0, 0.05) is 47.1 Å². The first-order valence-corrected chi connectivity index (χ1v) is 10.2. The zero-order chi connectivity index (χ0) is 23.5. The lowest BCUT2D eigenvalue weighted by molar-refractivity contribution is -0.117. The number of hydrogen-bond donors (Lipinski definition) is 3. The number of amides is 3. The van der Waals surface area contributed by atoms with E-state index in [4.69, 9.17) is 0 Å². The molecule has 0 aliphatic heterocycles. The number of benzene rings is 2. The second kappa shape index (κ2) is 12.0. The first-order valence-electron chi connectivity index (χ1n) is 10.2. The Bertz CT molecular complexity index is 1020. The van der Waals surface area contributed by atoms with E-state index in [2.05, 4.69) is 22.5 Å². The Balaban J connectivity index is 1.73. The largest absolute Gasteiger partial charge is 0.352 e. The maximum absolute atomic E-state index is 12.4. The Morgan fingerprint density at radius 3 is 1.97 bits per heavy atom. The number of rotatable bonds is 10. The number of carbonyl (C=O) groups is 4. The predicted octanol–water partition coefficient (Wildman–Crippen LogP) is 2.75. The van der Waals surface area contributed by atoms with Crippen LogP contribution in [0, 0.1) is 0 Å². The van der Waals surface area contributed by atoms with Gasteiger partial charge in [-0.15, -0.1) is 0 Å². The maximum atomic E-state index is 12.4. The summed E-state index contributed by atoms with van der Waals surface area (Å²) in [5.41, 5.74) is 2.26. The van der Waals surface area contributed by atoms with Crippen molar-refractivity contribution < 1.29 is 19.2 Å². The van der Waals surface area contributed by atoms with Crippen LogP contribution in [0.15, 0.2) is 78.5 Å². The van der Waals surface area contributed by atoms with Crippen LogP contribution in [0.2, 0.25) is 0 Å². The van der Waals surface area contributed by atoms with Crippen LogP contribution < -0.4 is 16.0 Å². The van der Waals surface area contributed by atoms with E-state index >= 15 is 0 Å². The van der Waals surface area contributed by atoms with Gasteiger partial charge in [0.1, 0.15) is 0 Å². The van der Waals surface area contributed by atoms with Crippen LogP contribution in [0.5, 0.6) is 0 Å². The fraction of sp³-hybridized carbons (Fsp3) is 0.200. The average Bonchev–Trinajstić information content (AvgIpc) is 2.81. The zero-order valence-electron chi connectivity index (χ0n) is 18.2. The molecule has 32 heavy (non-hydrogen) atoms. The molecule has 2 aromatic rings. The van der Waals surface area contributed by atoms with Gasteiger partial charge in [-0.25, -0.2) is 0 Å². The molecule has 0 atom stereocenters. The lowest BCUT2D eigenvalue weighted by Gasteiger charge is -2.08. The molecule has 0 radical (unpaired) electrons. The van der Waals surface area contributed by atoms with Crippen molar-refractivity contribution in [1.82, 2.24) is 16.0 Å². The average molecular weight is 434 g/mol. The van der Waals surface area contributed by atoms with E-state index in [0.717, 1.165) is 0 Å². The van der Waals surface area contributed by atoms with Gasteiger partial charge >= 0.3 is 0 Å². The third-order valence-electron chi connectivity index (χ3n) is 4.54. The molecule has 7 heteroatoms. The topological polar surface area (TPSA) is 104 Å². The lowest BCUT2D eigenvalue weighted by Crippen LogP contribution is -2.31. The molecule has 0 bridgehead atoms. The highest BCUT2D eigenvalue weighted by Crippen LogP contribution is 2.11. The molecule has 0 saturated heterocycles. The fourth-order valence-electron chi connectivity index (χ4n) is 2.63. The van der Waals surface area contributed by atoms with Crippen molar-refractivity contribution in [3.8, 4) is 0 Å². The monoisotopic (exact) mass is 433 g/mol. The van der Waals surface area contributed by atoms with Crippen molar-refractivity contribution in [3.05, 3.63) is 95.2 Å². The van der Waals surface area contributed by atoms with Gasteiger partial charge in [-0.3, -0.25) is 19.2 Å². The summed E-state index contributed by atoms with van der Waals surface area (Å²) in [5.74, 6) is -1.01. The molecular weight excluding hydrogens is 406 g/mol. The molecule has 2 rings (SSSR count). The summed E-state index contributed by atoms with van der Waals surface area (Å²) >= 11 is 0. The van der Waals surface area contributed by atoms with Gasteiger partial charge in [0.15, 0.2) is 5.78 Å². The number of nitrogens with one attached hydrogen (secondary N) is 3. The highest BCUT2D eigenvalue weighted by Gasteiger charge is 2.11. The Morgan fingerprint density at radius 1 is 0.781 bits per heavy atom. The highest BCUT2D eigenvalue weighted by atomic mass is 16.2. The number of hydrogen-bond acceptors (Lipinski definition) is 4. The zero-order valence-corrected chi connectivity index (χ0v) is 18.2. The number of ketones is 1. The summed E-state index contributed by atoms with van der Waals surface area (Å²) in [6.45, 7) is 7.42. The van der Waals surface area contributed by atoms with Crippen LogP contribution in [0.4, 0.5) is 0 Å². The summed E-state index contributed by atoms with van der Waals surface area (Å²) in [4.78, 5) is 48.1. The second-order valence-corrected chi connectivity index (χ2v) is 7.22. The molecule has 0 spiro atoms. The molecule has 0 heterocycles. The van der Waals surface area contributed by atoms with Crippen molar-refractivity contribution in [3.63, 3.8) is 0 Å². The van der Waals surface area contributed by atoms with E-state index in [9.17, 15) is 19.2 Å². The maximum Gasteiger partial charge on any atom is 0.251 e. The molecule has 0 aliphatic rings. The predicted molar refractivity (Wildman–Crippen MR) is 123 cm³/mol. The van der Waals surface area contributed by atoms with Crippen LogP contribution in [0.3, 0.4) is 0 Å². The van der Waals surface area contributed by atoms with Gasteiger partial charge in [0.05, 0.1) is 0 Å². The fourth-order valence-corrected chi connectivity index (χ4v) is 2.63. The van der Waals surface area contributed by atoms with Crippen LogP contribution in [0.1, 0.15) is 46.5 Å². The molecule has 0 aromatic heterocycles. The number of carbonyl (C=O) groups excluding carboxylic acids is 4. The van der Waals surface area contributed by atoms with E-state index in [1.54, 1.807) is 62.4 Å². The standard InChI is InChI=1S/C25H27N3O4/c1-17(2)23(30)28-16-18(3)24(31)26-14-7-15-27-25(32)21-12-10-20(11-13-21)22(29)19-8-5-4-6-9-19/h4-6,8-13,16H,1,7,14-15H2,2-3H3,(H,26,31)(H,27,32)(H,28,30). The molecule has 0 unspecified atom stereocenters. The Kier molecular flexibility index (Phi) is 9.10. The SMILES string of the molecule is C=C(C)C(=O)NC=C(C)C(=O)NCCCNC(=O)c1ccc(C(=O)c2ccccc2)cc1. The highest BCUT2D eigenvalue weighted by molar-refractivity contribution is 6.09. The molecule has 2 aromatic carbocycles. The van der Waals surface area contributed by atoms with Gasteiger partial charge < -0.3 is 16.0 Å². The van der Waals surface area contributed by atoms with Crippen LogP contribution in [-0.4, -0.2) is 36.6 Å². The van der Waals surface area contributed by atoms with Gasteiger partial charge in [-0.05, 0) is 32.4 Å². The smallest absolute Gasteiger partial charge is 0.251 e. The van der Waals surface area contributed by atoms with E-state index in [1.807, 2.05) is 6.07 Å². The third kappa shape index (κ3) is 7.36. The van der Waals surface area contributed by atoms with Crippen molar-refractivity contribution in [1.29, 1.82) is 0 Å². The van der Waals surface area contributed by atoms with E-state index in [1.165, 1.54) is 6.20 Å². The quantitative estimate of drug-likeness (QED) is 0.304. The molecule has 0 saturated carbocycles. The van der Waals surface area contributed by atoms with Gasteiger partial charge in [0.25, 0.3) is 5.91 Å². The molecule has 0 fully saturated rings. The van der Waals surface area contributed by atoms with Crippen LogP contribution in [-0.2, 0) is 9.59 Å². The van der Waals surface area contributed by atoms with E-state index in [-0.39, 0.29) is 23.5 Å².